The topological polar surface area (TPSA) is 94.2 Å². The number of carbonyl (C=O) groups is 1. The minimum atomic E-state index is -0.515. The number of nitrogens with zero attached hydrogens (tertiary/aromatic N) is 2. The first kappa shape index (κ1) is 14.4. The summed E-state index contributed by atoms with van der Waals surface area (Å²) in [7, 11) is 0. The highest BCUT2D eigenvalue weighted by atomic mass is 16.6. The second-order valence-corrected chi connectivity index (χ2v) is 4.44. The van der Waals surface area contributed by atoms with Crippen LogP contribution >= 0.6 is 0 Å². The number of aromatic nitrogens is 1. The van der Waals surface area contributed by atoms with Gasteiger partial charge in [-0.2, -0.15) is 0 Å². The average Bonchev–Trinajstić information content (AvgIpc) is 2.43. The van der Waals surface area contributed by atoms with Gasteiger partial charge in [-0.1, -0.05) is 6.07 Å². The van der Waals surface area contributed by atoms with Gasteiger partial charge in [0.1, 0.15) is 6.54 Å². The Labute approximate surface area is 120 Å². The minimum absolute atomic E-state index is 0.0527. The molecule has 0 fully saturated rings. The molecule has 1 aromatic heterocycles. The van der Waals surface area contributed by atoms with Gasteiger partial charge in [0, 0.05) is 29.6 Å². The summed E-state index contributed by atoms with van der Waals surface area (Å²) in [5.41, 5.74) is 0.811. The summed E-state index contributed by atoms with van der Waals surface area (Å²) >= 11 is 0. The zero-order chi connectivity index (χ0) is 15.4. The van der Waals surface area contributed by atoms with Crippen molar-refractivity contribution in [1.82, 2.24) is 4.57 Å². The Bertz CT molecular complexity index is 735. The first-order valence-electron chi connectivity index (χ1n) is 6.18. The first-order chi connectivity index (χ1) is 9.97. The number of rotatable bonds is 4. The molecule has 0 spiro atoms. The van der Waals surface area contributed by atoms with Crippen LogP contribution in [0.2, 0.25) is 0 Å². The molecule has 7 nitrogen and oxygen atoms in total. The number of nitro groups is 1. The van der Waals surface area contributed by atoms with Crippen LogP contribution in [0.15, 0.2) is 47.3 Å². The fourth-order valence-electron chi connectivity index (χ4n) is 1.84. The Morgan fingerprint density at radius 3 is 2.48 bits per heavy atom. The number of anilines is 1. The van der Waals surface area contributed by atoms with Crippen molar-refractivity contribution < 1.29 is 9.72 Å². The highest BCUT2D eigenvalue weighted by molar-refractivity contribution is 5.90. The smallest absolute Gasteiger partial charge is 0.269 e. The summed E-state index contributed by atoms with van der Waals surface area (Å²) in [6.07, 6.45) is 0. The molecule has 21 heavy (non-hydrogen) atoms. The van der Waals surface area contributed by atoms with Gasteiger partial charge in [0.15, 0.2) is 0 Å². The predicted molar refractivity (Wildman–Crippen MR) is 77.2 cm³/mol. The number of hydrogen-bond acceptors (Lipinski definition) is 4. The fourth-order valence-corrected chi connectivity index (χ4v) is 1.84. The monoisotopic (exact) mass is 287 g/mol. The van der Waals surface area contributed by atoms with Crippen molar-refractivity contribution in [3.63, 3.8) is 0 Å². The molecule has 0 aliphatic carbocycles. The number of pyridine rings is 1. The molecular weight excluding hydrogens is 274 g/mol. The summed E-state index contributed by atoms with van der Waals surface area (Å²) in [6.45, 7) is 1.63. The van der Waals surface area contributed by atoms with Crippen LogP contribution in [-0.4, -0.2) is 15.4 Å². The van der Waals surface area contributed by atoms with Crippen molar-refractivity contribution in [3.05, 3.63) is 68.6 Å². The molecule has 2 rings (SSSR count). The second-order valence-electron chi connectivity index (χ2n) is 4.44. The van der Waals surface area contributed by atoms with Crippen LogP contribution in [0.5, 0.6) is 0 Å². The number of amides is 1. The maximum Gasteiger partial charge on any atom is 0.269 e. The van der Waals surface area contributed by atoms with Crippen LogP contribution in [0, 0.1) is 17.0 Å². The summed E-state index contributed by atoms with van der Waals surface area (Å²) in [5, 5.41) is 13.1. The number of non-ortho nitro benzene ring substituents is 1. The van der Waals surface area contributed by atoms with Crippen LogP contribution in [-0.2, 0) is 11.3 Å². The van der Waals surface area contributed by atoms with Gasteiger partial charge in [0.25, 0.3) is 11.2 Å². The van der Waals surface area contributed by atoms with E-state index in [4.69, 9.17) is 0 Å². The van der Waals surface area contributed by atoms with Gasteiger partial charge in [-0.3, -0.25) is 19.7 Å². The fraction of sp³-hybridized carbons (Fsp3) is 0.143. The molecule has 0 atom stereocenters. The lowest BCUT2D eigenvalue weighted by Crippen LogP contribution is -2.28. The number of nitrogens with one attached hydrogen (secondary N) is 1. The number of aryl methyl sites for hydroxylation is 1. The third-order valence-electron chi connectivity index (χ3n) is 2.93. The van der Waals surface area contributed by atoms with Gasteiger partial charge >= 0.3 is 0 Å². The van der Waals surface area contributed by atoms with E-state index in [2.05, 4.69) is 5.32 Å². The maximum atomic E-state index is 11.9. The molecule has 0 aliphatic rings. The molecule has 1 aromatic carbocycles. The third kappa shape index (κ3) is 3.53. The highest BCUT2D eigenvalue weighted by Crippen LogP contribution is 2.15. The van der Waals surface area contributed by atoms with E-state index in [0.29, 0.717) is 11.4 Å². The lowest BCUT2D eigenvalue weighted by atomic mass is 10.3. The largest absolute Gasteiger partial charge is 0.325 e. The van der Waals surface area contributed by atoms with E-state index in [-0.39, 0.29) is 23.7 Å². The Hall–Kier alpha value is -2.96. The van der Waals surface area contributed by atoms with Crippen molar-refractivity contribution in [2.75, 3.05) is 5.32 Å². The van der Waals surface area contributed by atoms with Crippen LogP contribution < -0.4 is 10.9 Å². The highest BCUT2D eigenvalue weighted by Gasteiger charge is 2.08. The Balaban J connectivity index is 2.08. The predicted octanol–water partition coefficient (Wildman–Crippen LogP) is 1.70. The van der Waals surface area contributed by atoms with Crippen molar-refractivity contribution in [3.8, 4) is 0 Å². The molecule has 0 saturated carbocycles. The molecular formula is C14H13N3O4. The van der Waals surface area contributed by atoms with Crippen molar-refractivity contribution >= 4 is 17.3 Å². The molecule has 0 aliphatic heterocycles. The van der Waals surface area contributed by atoms with Gasteiger partial charge < -0.3 is 9.88 Å². The van der Waals surface area contributed by atoms with Gasteiger partial charge in [0.2, 0.25) is 5.91 Å². The Morgan fingerprint density at radius 2 is 1.90 bits per heavy atom. The molecule has 0 saturated heterocycles. The number of nitro benzene ring substituents is 1. The van der Waals surface area contributed by atoms with E-state index in [1.165, 1.54) is 34.9 Å². The van der Waals surface area contributed by atoms with E-state index in [1.807, 2.05) is 0 Å². The second kappa shape index (κ2) is 6.00. The number of benzene rings is 1. The Morgan fingerprint density at radius 1 is 1.24 bits per heavy atom. The summed E-state index contributed by atoms with van der Waals surface area (Å²) in [4.78, 5) is 33.6. The molecule has 7 heteroatoms. The normalized spacial score (nSPS) is 10.1. The van der Waals surface area contributed by atoms with Crippen molar-refractivity contribution in [1.29, 1.82) is 0 Å². The minimum Gasteiger partial charge on any atom is -0.325 e. The van der Waals surface area contributed by atoms with Gasteiger partial charge in [-0.15, -0.1) is 0 Å². The summed E-state index contributed by atoms with van der Waals surface area (Å²) in [5.74, 6) is -0.375. The molecule has 0 unspecified atom stereocenters. The average molecular weight is 287 g/mol. The molecule has 108 valence electrons. The van der Waals surface area contributed by atoms with E-state index in [9.17, 15) is 19.7 Å². The van der Waals surface area contributed by atoms with Crippen molar-refractivity contribution in [2.24, 2.45) is 0 Å². The summed E-state index contributed by atoms with van der Waals surface area (Å²) < 4.78 is 1.35. The van der Waals surface area contributed by atoms with E-state index < -0.39 is 4.92 Å². The standard InChI is InChI=1S/C14H13N3O4/c1-10-3-2-4-14(19)16(10)9-13(18)15-11-5-7-12(8-6-11)17(20)21/h2-8H,9H2,1H3,(H,15,18). The third-order valence-corrected chi connectivity index (χ3v) is 2.93. The zero-order valence-corrected chi connectivity index (χ0v) is 11.3. The first-order valence-corrected chi connectivity index (χ1v) is 6.18. The van der Waals surface area contributed by atoms with Gasteiger partial charge in [-0.05, 0) is 25.1 Å². The van der Waals surface area contributed by atoms with E-state index in [0.717, 1.165) is 0 Å². The molecule has 1 N–H and O–H groups in total. The lowest BCUT2D eigenvalue weighted by molar-refractivity contribution is -0.384. The lowest BCUT2D eigenvalue weighted by Gasteiger charge is -2.09. The van der Waals surface area contributed by atoms with Crippen LogP contribution in [0.3, 0.4) is 0 Å². The number of hydrogen-bond donors (Lipinski definition) is 1. The van der Waals surface area contributed by atoms with E-state index >= 15 is 0 Å². The SMILES string of the molecule is Cc1cccc(=O)n1CC(=O)Nc1ccc([N+](=O)[O-])cc1. The Kier molecular flexibility index (Phi) is 4.13. The van der Waals surface area contributed by atoms with Crippen molar-refractivity contribution in [2.45, 2.75) is 13.5 Å². The zero-order valence-electron chi connectivity index (χ0n) is 11.3. The molecule has 0 radical (unpaired) electrons. The summed E-state index contributed by atoms with van der Waals surface area (Å²) in [6, 6.07) is 10.2. The van der Waals surface area contributed by atoms with E-state index in [1.54, 1.807) is 19.1 Å². The number of carbonyl (C=O) groups excluding carboxylic acids is 1. The molecule has 2 aromatic rings. The quantitative estimate of drug-likeness (QED) is 0.684. The van der Waals surface area contributed by atoms with Crippen LogP contribution in [0.1, 0.15) is 5.69 Å². The van der Waals surface area contributed by atoms with Gasteiger partial charge in [-0.25, -0.2) is 0 Å². The maximum absolute atomic E-state index is 11.9. The molecule has 1 heterocycles. The van der Waals surface area contributed by atoms with Crippen LogP contribution in [0.4, 0.5) is 11.4 Å². The molecule has 0 bridgehead atoms. The van der Waals surface area contributed by atoms with Gasteiger partial charge in [0.05, 0.1) is 4.92 Å². The van der Waals surface area contributed by atoms with Crippen LogP contribution in [0.25, 0.3) is 0 Å². The molecule has 1 amide bonds.